The van der Waals surface area contributed by atoms with Crippen molar-refractivity contribution in [3.05, 3.63) is 70.9 Å². The number of aryl methyl sites for hydroxylation is 1. The third kappa shape index (κ3) is 4.47. The summed E-state index contributed by atoms with van der Waals surface area (Å²) in [5.41, 5.74) is 9.54. The highest BCUT2D eigenvalue weighted by Gasteiger charge is 2.16. The largest absolute Gasteiger partial charge is 0.497 e. The molecule has 2 N–H and O–H groups in total. The third-order valence-electron chi connectivity index (χ3n) is 4.27. The molecule has 140 valence electrons. The molecule has 3 rings (SSSR count). The van der Waals surface area contributed by atoms with E-state index in [0.29, 0.717) is 18.9 Å². The molecule has 6 nitrogen and oxygen atoms in total. The Morgan fingerprint density at radius 1 is 0.963 bits per heavy atom. The quantitative estimate of drug-likeness (QED) is 0.690. The van der Waals surface area contributed by atoms with Gasteiger partial charge >= 0.3 is 0 Å². The van der Waals surface area contributed by atoms with Gasteiger partial charge in [0.25, 0.3) is 0 Å². The number of ether oxygens (including phenoxy) is 3. The second-order valence-electron chi connectivity index (χ2n) is 6.08. The molecule has 3 aromatic rings. The van der Waals surface area contributed by atoms with Crippen LogP contribution >= 0.6 is 0 Å². The Morgan fingerprint density at radius 3 is 2.44 bits per heavy atom. The summed E-state index contributed by atoms with van der Waals surface area (Å²) < 4.78 is 16.8. The predicted molar refractivity (Wildman–Crippen MR) is 104 cm³/mol. The van der Waals surface area contributed by atoms with Crippen molar-refractivity contribution in [2.24, 2.45) is 0 Å². The van der Waals surface area contributed by atoms with E-state index in [1.807, 2.05) is 55.5 Å². The van der Waals surface area contributed by atoms with E-state index in [2.05, 4.69) is 9.97 Å². The maximum Gasteiger partial charge on any atom is 0.223 e. The summed E-state index contributed by atoms with van der Waals surface area (Å²) in [5.74, 6) is 2.16. The molecule has 1 aromatic heterocycles. The molecular weight excluding hydrogens is 342 g/mol. The van der Waals surface area contributed by atoms with Crippen molar-refractivity contribution in [1.82, 2.24) is 9.97 Å². The number of aromatic nitrogens is 2. The van der Waals surface area contributed by atoms with Crippen LogP contribution in [0.4, 0.5) is 5.95 Å². The van der Waals surface area contributed by atoms with Crippen molar-refractivity contribution in [2.45, 2.75) is 20.0 Å². The maximum atomic E-state index is 5.98. The number of anilines is 1. The van der Waals surface area contributed by atoms with Crippen LogP contribution in [-0.4, -0.2) is 24.2 Å². The van der Waals surface area contributed by atoms with Gasteiger partial charge < -0.3 is 19.9 Å². The Balaban J connectivity index is 1.90. The average molecular weight is 365 g/mol. The fourth-order valence-electron chi connectivity index (χ4n) is 2.83. The highest BCUT2D eigenvalue weighted by Crippen LogP contribution is 2.30. The molecule has 0 aliphatic rings. The minimum absolute atomic E-state index is 0.195. The number of nitrogens with zero attached hydrogens (tertiary/aromatic N) is 2. The molecule has 0 unspecified atom stereocenters. The van der Waals surface area contributed by atoms with Gasteiger partial charge in [-0.15, -0.1) is 0 Å². The van der Waals surface area contributed by atoms with E-state index in [-0.39, 0.29) is 5.95 Å². The molecule has 0 saturated heterocycles. The van der Waals surface area contributed by atoms with Crippen LogP contribution < -0.4 is 19.9 Å². The molecule has 0 fully saturated rings. The number of benzene rings is 2. The van der Waals surface area contributed by atoms with Crippen molar-refractivity contribution < 1.29 is 14.2 Å². The second kappa shape index (κ2) is 8.40. The second-order valence-corrected chi connectivity index (χ2v) is 6.08. The van der Waals surface area contributed by atoms with Gasteiger partial charge in [0.15, 0.2) is 0 Å². The smallest absolute Gasteiger partial charge is 0.223 e. The summed E-state index contributed by atoms with van der Waals surface area (Å²) in [6, 6.07) is 15.6. The first-order valence-electron chi connectivity index (χ1n) is 8.61. The number of nitrogens with two attached hydrogens (primary N) is 1. The molecule has 6 heteroatoms. The Bertz CT molecular complexity index is 914. The number of hydrogen-bond acceptors (Lipinski definition) is 6. The lowest BCUT2D eigenvalue weighted by atomic mass is 10.0. The van der Waals surface area contributed by atoms with Gasteiger partial charge in [-0.05, 0) is 24.1 Å². The predicted octanol–water partition coefficient (Wildman–Crippen LogP) is 3.55. The lowest BCUT2D eigenvalue weighted by Crippen LogP contribution is -2.08. The van der Waals surface area contributed by atoms with E-state index in [9.17, 15) is 0 Å². The summed E-state index contributed by atoms with van der Waals surface area (Å²) in [5, 5.41) is 0. The van der Waals surface area contributed by atoms with Crippen molar-refractivity contribution in [3.8, 4) is 17.4 Å². The summed E-state index contributed by atoms with van der Waals surface area (Å²) in [7, 11) is 3.26. The minimum Gasteiger partial charge on any atom is -0.497 e. The molecule has 2 aromatic carbocycles. The first-order valence-corrected chi connectivity index (χ1v) is 8.61. The lowest BCUT2D eigenvalue weighted by molar-refractivity contribution is 0.290. The zero-order valence-corrected chi connectivity index (χ0v) is 15.7. The number of nitrogen functional groups attached to an aromatic ring is 1. The first kappa shape index (κ1) is 18.5. The van der Waals surface area contributed by atoms with Gasteiger partial charge in [-0.3, -0.25) is 0 Å². The monoisotopic (exact) mass is 365 g/mol. The number of methoxy groups -OCH3 is 2. The topological polar surface area (TPSA) is 79.5 Å². The third-order valence-corrected chi connectivity index (χ3v) is 4.27. The van der Waals surface area contributed by atoms with E-state index in [0.717, 1.165) is 33.9 Å². The first-order chi connectivity index (χ1) is 13.1. The fraction of sp³-hybridized carbons (Fsp3) is 0.238. The van der Waals surface area contributed by atoms with Crippen molar-refractivity contribution >= 4 is 5.95 Å². The highest BCUT2D eigenvalue weighted by molar-refractivity contribution is 5.46. The lowest BCUT2D eigenvalue weighted by Gasteiger charge is -2.15. The molecule has 0 aliphatic carbocycles. The van der Waals surface area contributed by atoms with Gasteiger partial charge in [0, 0.05) is 18.1 Å². The summed E-state index contributed by atoms with van der Waals surface area (Å²) >= 11 is 0. The van der Waals surface area contributed by atoms with Gasteiger partial charge in [0.2, 0.25) is 11.8 Å². The van der Waals surface area contributed by atoms with E-state index in [1.165, 1.54) is 0 Å². The van der Waals surface area contributed by atoms with Crippen LogP contribution in [-0.2, 0) is 13.0 Å². The average Bonchev–Trinajstić information content (AvgIpc) is 2.69. The van der Waals surface area contributed by atoms with Crippen LogP contribution in [0.2, 0.25) is 0 Å². The molecule has 0 radical (unpaired) electrons. The van der Waals surface area contributed by atoms with Gasteiger partial charge in [-0.25, -0.2) is 4.98 Å². The summed E-state index contributed by atoms with van der Waals surface area (Å²) in [4.78, 5) is 8.61. The Kier molecular flexibility index (Phi) is 5.76. The van der Waals surface area contributed by atoms with Crippen LogP contribution in [0.3, 0.4) is 0 Å². The van der Waals surface area contributed by atoms with Crippen molar-refractivity contribution in [1.29, 1.82) is 0 Å². The van der Waals surface area contributed by atoms with Gasteiger partial charge in [-0.2, -0.15) is 4.98 Å². The summed E-state index contributed by atoms with van der Waals surface area (Å²) in [6.45, 7) is 2.31. The molecule has 0 atom stereocenters. The molecule has 27 heavy (non-hydrogen) atoms. The van der Waals surface area contributed by atoms with Crippen LogP contribution in [0, 0.1) is 6.92 Å². The normalized spacial score (nSPS) is 10.5. The molecule has 1 heterocycles. The molecule has 0 bridgehead atoms. The SMILES string of the molecule is COc1ccc(Cc2c(C)nc(N)nc2OCc2ccccc2)c(OC)c1. The number of hydrogen-bond donors (Lipinski definition) is 1. The zero-order valence-electron chi connectivity index (χ0n) is 15.7. The van der Waals surface area contributed by atoms with Crippen molar-refractivity contribution in [2.75, 3.05) is 20.0 Å². The van der Waals surface area contributed by atoms with Crippen LogP contribution in [0.5, 0.6) is 17.4 Å². The molecule has 0 spiro atoms. The Morgan fingerprint density at radius 2 is 1.74 bits per heavy atom. The zero-order chi connectivity index (χ0) is 19.2. The molecule has 0 aliphatic heterocycles. The standard InChI is InChI=1S/C21H23N3O3/c1-14-18(11-16-9-10-17(25-2)12-19(16)26-3)20(24-21(22)23-14)27-13-15-7-5-4-6-8-15/h4-10,12H,11,13H2,1-3H3,(H2,22,23,24). The van der Waals surface area contributed by atoms with Crippen molar-refractivity contribution in [3.63, 3.8) is 0 Å². The van der Waals surface area contributed by atoms with E-state index in [1.54, 1.807) is 14.2 Å². The fourth-order valence-corrected chi connectivity index (χ4v) is 2.83. The Hall–Kier alpha value is -3.28. The van der Waals surface area contributed by atoms with Gasteiger partial charge in [0.05, 0.1) is 19.9 Å². The van der Waals surface area contributed by atoms with Crippen LogP contribution in [0.15, 0.2) is 48.5 Å². The van der Waals surface area contributed by atoms with E-state index >= 15 is 0 Å². The Labute approximate surface area is 158 Å². The van der Waals surface area contributed by atoms with Gasteiger partial charge in [0.1, 0.15) is 18.1 Å². The molecule has 0 saturated carbocycles. The number of rotatable bonds is 7. The van der Waals surface area contributed by atoms with E-state index in [4.69, 9.17) is 19.9 Å². The molecule has 0 amide bonds. The van der Waals surface area contributed by atoms with Crippen LogP contribution in [0.1, 0.15) is 22.4 Å². The summed E-state index contributed by atoms with van der Waals surface area (Å²) in [6.07, 6.45) is 0.559. The minimum atomic E-state index is 0.195. The van der Waals surface area contributed by atoms with Gasteiger partial charge in [-0.1, -0.05) is 36.4 Å². The van der Waals surface area contributed by atoms with E-state index < -0.39 is 0 Å². The van der Waals surface area contributed by atoms with Crippen LogP contribution in [0.25, 0.3) is 0 Å². The molecular formula is C21H23N3O3. The highest BCUT2D eigenvalue weighted by atomic mass is 16.5. The maximum absolute atomic E-state index is 5.98.